The van der Waals surface area contributed by atoms with Crippen LogP contribution in [0, 0.1) is 0 Å². The van der Waals surface area contributed by atoms with Gasteiger partial charge in [-0.05, 0) is 41.5 Å². The lowest BCUT2D eigenvalue weighted by atomic mass is 10.2. The average Bonchev–Trinajstić information content (AvgIpc) is 2.90. The number of amides is 1. The molecule has 0 saturated carbocycles. The van der Waals surface area contributed by atoms with Crippen molar-refractivity contribution in [3.8, 4) is 0 Å². The Labute approximate surface area is 141 Å². The van der Waals surface area contributed by atoms with Crippen LogP contribution < -0.4 is 0 Å². The van der Waals surface area contributed by atoms with Crippen LogP contribution in [-0.2, 0) is 18.7 Å². The lowest BCUT2D eigenvalue weighted by Crippen LogP contribution is -2.25. The molecule has 2 nitrogen and oxygen atoms in total. The molecule has 0 N–H and O–H groups in total. The molecular weight excluding hydrogens is 366 g/mol. The van der Waals surface area contributed by atoms with E-state index in [1.807, 2.05) is 37.0 Å². The van der Waals surface area contributed by atoms with E-state index in [1.54, 1.807) is 16.2 Å². The monoisotopic (exact) mass is 381 g/mol. The van der Waals surface area contributed by atoms with Crippen LogP contribution in [0.3, 0.4) is 0 Å². The highest BCUT2D eigenvalue weighted by atomic mass is 79.9. The quantitative estimate of drug-likeness (QED) is 0.775. The summed E-state index contributed by atoms with van der Waals surface area (Å²) in [4.78, 5) is 16.6. The van der Waals surface area contributed by atoms with Crippen LogP contribution in [0.1, 0.15) is 25.7 Å². The molecule has 3 rings (SSSR count). The van der Waals surface area contributed by atoms with Crippen LogP contribution in [0.25, 0.3) is 0 Å². The van der Waals surface area contributed by atoms with E-state index in [0.29, 0.717) is 6.54 Å². The first-order chi connectivity index (χ1) is 10.1. The third-order valence-electron chi connectivity index (χ3n) is 3.49. The molecule has 0 atom stereocenters. The Morgan fingerprint density at radius 3 is 3.00 bits per heavy atom. The number of fused-ring (bicyclic) bond motifs is 1. The van der Waals surface area contributed by atoms with E-state index in [9.17, 15) is 4.79 Å². The molecule has 0 saturated heterocycles. The number of carbonyl (C=O) groups is 1. The standard InChI is InChI=1S/C16H16BrNOS2/c1-18(9-11-3-2-4-13(17)7-11)16(19)15-8-12-10-20-6-5-14(12)21-15/h2-4,7-8H,5-6,9-10H2,1H3. The Kier molecular flexibility index (Phi) is 4.72. The summed E-state index contributed by atoms with van der Waals surface area (Å²) < 4.78 is 1.05. The number of thiophene rings is 1. The molecule has 0 aliphatic carbocycles. The second kappa shape index (κ2) is 6.55. The van der Waals surface area contributed by atoms with E-state index in [1.165, 1.54) is 16.2 Å². The van der Waals surface area contributed by atoms with Crippen molar-refractivity contribution in [1.29, 1.82) is 0 Å². The van der Waals surface area contributed by atoms with E-state index in [4.69, 9.17) is 0 Å². The van der Waals surface area contributed by atoms with Gasteiger partial charge in [0.25, 0.3) is 5.91 Å². The number of halogens is 1. The summed E-state index contributed by atoms with van der Waals surface area (Å²) in [5, 5.41) is 0. The number of aryl methyl sites for hydroxylation is 1. The van der Waals surface area contributed by atoms with Crippen molar-refractivity contribution in [1.82, 2.24) is 4.90 Å². The topological polar surface area (TPSA) is 20.3 Å². The first-order valence-electron chi connectivity index (χ1n) is 6.83. The predicted molar refractivity (Wildman–Crippen MR) is 94.1 cm³/mol. The van der Waals surface area contributed by atoms with E-state index >= 15 is 0 Å². The molecular formula is C16H16BrNOS2. The summed E-state index contributed by atoms with van der Waals surface area (Å²) >= 11 is 7.09. The summed E-state index contributed by atoms with van der Waals surface area (Å²) in [6, 6.07) is 10.2. The second-order valence-corrected chi connectivity index (χ2v) is 8.31. The highest BCUT2D eigenvalue weighted by Gasteiger charge is 2.19. The number of hydrogen-bond acceptors (Lipinski definition) is 3. The van der Waals surface area contributed by atoms with Crippen LogP contribution in [0.2, 0.25) is 0 Å². The van der Waals surface area contributed by atoms with E-state index in [0.717, 1.165) is 27.1 Å². The molecule has 0 bridgehead atoms. The van der Waals surface area contributed by atoms with Crippen LogP contribution >= 0.6 is 39.0 Å². The third-order valence-corrected chi connectivity index (χ3v) is 6.22. The van der Waals surface area contributed by atoms with Gasteiger partial charge in [0, 0.05) is 28.7 Å². The largest absolute Gasteiger partial charge is 0.337 e. The Bertz CT molecular complexity index is 645. The van der Waals surface area contributed by atoms with Crippen molar-refractivity contribution in [2.75, 3.05) is 12.8 Å². The Balaban J connectivity index is 1.73. The second-order valence-electron chi connectivity index (χ2n) is 5.15. The fourth-order valence-electron chi connectivity index (χ4n) is 2.42. The fraction of sp³-hybridized carbons (Fsp3) is 0.312. The summed E-state index contributed by atoms with van der Waals surface area (Å²) in [7, 11) is 1.87. The number of benzene rings is 1. The van der Waals surface area contributed by atoms with Gasteiger partial charge in [0.05, 0.1) is 4.88 Å². The summed E-state index contributed by atoms with van der Waals surface area (Å²) in [6.07, 6.45) is 1.10. The van der Waals surface area contributed by atoms with Gasteiger partial charge < -0.3 is 4.90 Å². The fourth-order valence-corrected chi connectivity index (χ4v) is 5.24. The highest BCUT2D eigenvalue weighted by molar-refractivity contribution is 9.10. The van der Waals surface area contributed by atoms with Gasteiger partial charge >= 0.3 is 0 Å². The lowest BCUT2D eigenvalue weighted by molar-refractivity contribution is 0.0790. The minimum atomic E-state index is 0.124. The molecule has 1 aromatic carbocycles. The van der Waals surface area contributed by atoms with Crippen molar-refractivity contribution in [2.45, 2.75) is 18.7 Å². The van der Waals surface area contributed by atoms with Gasteiger partial charge in [0.15, 0.2) is 0 Å². The maximum Gasteiger partial charge on any atom is 0.263 e. The van der Waals surface area contributed by atoms with Gasteiger partial charge in [-0.2, -0.15) is 11.8 Å². The van der Waals surface area contributed by atoms with Crippen molar-refractivity contribution in [3.05, 3.63) is 55.7 Å². The molecule has 21 heavy (non-hydrogen) atoms. The molecule has 1 aromatic heterocycles. The maximum absolute atomic E-state index is 12.6. The molecule has 0 radical (unpaired) electrons. The van der Waals surface area contributed by atoms with Crippen LogP contribution in [0.4, 0.5) is 0 Å². The van der Waals surface area contributed by atoms with Gasteiger partial charge in [0.2, 0.25) is 0 Å². The van der Waals surface area contributed by atoms with Crippen molar-refractivity contribution >= 4 is 44.9 Å². The predicted octanol–water partition coefficient (Wildman–Crippen LogP) is 4.57. The Hall–Kier alpha value is -0.780. The number of hydrogen-bond donors (Lipinski definition) is 0. The summed E-state index contributed by atoms with van der Waals surface area (Å²) in [5.41, 5.74) is 2.49. The highest BCUT2D eigenvalue weighted by Crippen LogP contribution is 2.32. The molecule has 0 spiro atoms. The molecule has 2 heterocycles. The van der Waals surface area contributed by atoms with Crippen LogP contribution in [0.5, 0.6) is 0 Å². The normalized spacial score (nSPS) is 13.8. The van der Waals surface area contributed by atoms with E-state index in [-0.39, 0.29) is 5.91 Å². The zero-order chi connectivity index (χ0) is 14.8. The molecule has 2 aromatic rings. The Morgan fingerprint density at radius 2 is 2.24 bits per heavy atom. The Morgan fingerprint density at radius 1 is 1.38 bits per heavy atom. The number of nitrogens with zero attached hydrogens (tertiary/aromatic N) is 1. The maximum atomic E-state index is 12.6. The molecule has 0 unspecified atom stereocenters. The van der Waals surface area contributed by atoms with Crippen LogP contribution in [-0.4, -0.2) is 23.6 Å². The van der Waals surface area contributed by atoms with Gasteiger partial charge in [-0.25, -0.2) is 0 Å². The molecule has 110 valence electrons. The number of thioether (sulfide) groups is 1. The van der Waals surface area contributed by atoms with Crippen molar-refractivity contribution in [3.63, 3.8) is 0 Å². The molecule has 0 fully saturated rings. The van der Waals surface area contributed by atoms with E-state index < -0.39 is 0 Å². The zero-order valence-electron chi connectivity index (χ0n) is 11.8. The molecule has 1 amide bonds. The van der Waals surface area contributed by atoms with Gasteiger partial charge in [0.1, 0.15) is 0 Å². The average molecular weight is 382 g/mol. The first kappa shape index (κ1) is 15.1. The van der Waals surface area contributed by atoms with Gasteiger partial charge in [-0.15, -0.1) is 11.3 Å². The molecule has 1 aliphatic rings. The molecule has 5 heteroatoms. The number of carbonyl (C=O) groups excluding carboxylic acids is 1. The minimum absolute atomic E-state index is 0.124. The summed E-state index contributed by atoms with van der Waals surface area (Å²) in [5.74, 6) is 2.35. The van der Waals surface area contributed by atoms with Gasteiger partial charge in [-0.1, -0.05) is 28.1 Å². The third kappa shape index (κ3) is 3.52. The summed E-state index contributed by atoms with van der Waals surface area (Å²) in [6.45, 7) is 0.635. The first-order valence-corrected chi connectivity index (χ1v) is 9.59. The minimum Gasteiger partial charge on any atom is -0.337 e. The smallest absolute Gasteiger partial charge is 0.263 e. The van der Waals surface area contributed by atoms with E-state index in [2.05, 4.69) is 28.1 Å². The zero-order valence-corrected chi connectivity index (χ0v) is 15.0. The molecule has 1 aliphatic heterocycles. The van der Waals surface area contributed by atoms with Gasteiger partial charge in [-0.3, -0.25) is 4.79 Å². The lowest BCUT2D eigenvalue weighted by Gasteiger charge is -2.16. The van der Waals surface area contributed by atoms with Crippen molar-refractivity contribution < 1.29 is 4.79 Å². The van der Waals surface area contributed by atoms with Crippen molar-refractivity contribution in [2.24, 2.45) is 0 Å². The SMILES string of the molecule is CN(Cc1cccc(Br)c1)C(=O)c1cc2c(s1)CCSC2. The number of rotatable bonds is 3. The van der Waals surface area contributed by atoms with Crippen LogP contribution in [0.15, 0.2) is 34.8 Å².